The highest BCUT2D eigenvalue weighted by molar-refractivity contribution is 8.23. The molecule has 0 aromatic carbocycles. The summed E-state index contributed by atoms with van der Waals surface area (Å²) >= 11 is 6.24. The topological polar surface area (TPSA) is 102 Å². The van der Waals surface area contributed by atoms with Crippen molar-refractivity contribution in [1.29, 1.82) is 0 Å². The Hall–Kier alpha value is -1.91. The van der Waals surface area contributed by atoms with Gasteiger partial charge in [-0.05, 0) is 30.2 Å². The molecule has 0 atom stereocenters. The fourth-order valence-electron chi connectivity index (χ4n) is 2.73. The molecular formula is C16H20ClN5O3S. The van der Waals surface area contributed by atoms with Gasteiger partial charge in [-0.15, -0.1) is 0 Å². The lowest BCUT2D eigenvalue weighted by atomic mass is 10.1. The van der Waals surface area contributed by atoms with Gasteiger partial charge in [0, 0.05) is 45.0 Å². The van der Waals surface area contributed by atoms with Crippen molar-refractivity contribution < 1.29 is 13.9 Å². The number of nitrogens with one attached hydrogen (secondary N) is 1. The average Bonchev–Trinajstić information content (AvgIpc) is 2.58. The summed E-state index contributed by atoms with van der Waals surface area (Å²) in [6, 6.07) is 5.26. The molecule has 0 spiro atoms. The molecule has 2 aromatic heterocycles. The summed E-state index contributed by atoms with van der Waals surface area (Å²) in [4.78, 5) is 19.5. The zero-order valence-corrected chi connectivity index (χ0v) is 16.0. The molecule has 1 fully saturated rings. The summed E-state index contributed by atoms with van der Waals surface area (Å²) in [6.07, 6.45) is 3.95. The quantitative estimate of drug-likeness (QED) is 0.681. The van der Waals surface area contributed by atoms with E-state index in [2.05, 4.69) is 15.3 Å². The number of anilines is 2. The largest absolute Gasteiger partial charge is 0.311 e. The fraction of sp³-hybridized carbons (Fsp3) is 0.312. The van der Waals surface area contributed by atoms with Crippen LogP contribution in [0.25, 0.3) is 11.1 Å². The minimum Gasteiger partial charge on any atom is -0.311 e. The van der Waals surface area contributed by atoms with Gasteiger partial charge in [0.05, 0.1) is 5.69 Å². The van der Waals surface area contributed by atoms with Crippen molar-refractivity contribution in [1.82, 2.24) is 14.3 Å². The molecular weight excluding hydrogens is 378 g/mol. The second-order valence-electron chi connectivity index (χ2n) is 5.94. The number of hydrogen-bond donors (Lipinski definition) is 3. The summed E-state index contributed by atoms with van der Waals surface area (Å²) < 4.78 is 24.1. The number of amides is 1. The first-order chi connectivity index (χ1) is 12.3. The van der Waals surface area contributed by atoms with Gasteiger partial charge in [0.15, 0.2) is 5.15 Å². The molecule has 8 nitrogen and oxygen atoms in total. The number of rotatable bonds is 3. The Balaban J connectivity index is 1.99. The third-order valence-electron chi connectivity index (χ3n) is 4.03. The van der Waals surface area contributed by atoms with Crippen LogP contribution in [0.2, 0.25) is 5.15 Å². The predicted molar refractivity (Wildman–Crippen MR) is 104 cm³/mol. The van der Waals surface area contributed by atoms with E-state index in [9.17, 15) is 13.9 Å². The third-order valence-corrected chi connectivity index (χ3v) is 6.32. The van der Waals surface area contributed by atoms with Crippen LogP contribution in [0.3, 0.4) is 0 Å². The van der Waals surface area contributed by atoms with Crippen LogP contribution in [-0.4, -0.2) is 49.4 Å². The van der Waals surface area contributed by atoms with E-state index in [1.807, 2.05) is 0 Å². The fourth-order valence-corrected chi connectivity index (χ4v) is 4.47. The highest BCUT2D eigenvalue weighted by Gasteiger charge is 2.33. The van der Waals surface area contributed by atoms with Gasteiger partial charge in [0.25, 0.3) is 0 Å². The predicted octanol–water partition coefficient (Wildman–Crippen LogP) is 3.48. The zero-order chi connectivity index (χ0) is 18.9. The number of nitrogens with zero attached hydrogens (tertiary/aromatic N) is 4. The smallest absolute Gasteiger partial charge is 0.222 e. The molecule has 3 N–H and O–H groups in total. The molecule has 10 heteroatoms. The molecule has 140 valence electrons. The molecule has 1 amide bonds. The zero-order valence-electron chi connectivity index (χ0n) is 14.4. The van der Waals surface area contributed by atoms with Crippen molar-refractivity contribution in [2.45, 2.75) is 13.3 Å². The number of carbonyl (C=O) groups excluding carboxylic acids is 1. The molecule has 26 heavy (non-hydrogen) atoms. The Morgan fingerprint density at radius 1 is 1.27 bits per heavy atom. The van der Waals surface area contributed by atoms with E-state index in [0.29, 0.717) is 24.6 Å². The van der Waals surface area contributed by atoms with Gasteiger partial charge in [0.1, 0.15) is 5.82 Å². The van der Waals surface area contributed by atoms with Crippen LogP contribution < -0.4 is 9.62 Å². The Morgan fingerprint density at radius 2 is 2.04 bits per heavy atom. The summed E-state index contributed by atoms with van der Waals surface area (Å²) in [5.41, 5.74) is 1.95. The number of carbonyl (C=O) groups is 1. The van der Waals surface area contributed by atoms with E-state index < -0.39 is 11.0 Å². The molecule has 0 radical (unpaired) electrons. The van der Waals surface area contributed by atoms with Crippen molar-refractivity contribution in [3.05, 3.63) is 35.7 Å². The maximum atomic E-state index is 11.2. The second kappa shape index (κ2) is 7.37. The summed E-state index contributed by atoms with van der Waals surface area (Å²) in [5, 5.41) is 2.83. The third kappa shape index (κ3) is 3.76. The van der Waals surface area contributed by atoms with E-state index in [4.69, 9.17) is 11.6 Å². The number of pyridine rings is 2. The lowest BCUT2D eigenvalue weighted by Crippen LogP contribution is -2.44. The maximum Gasteiger partial charge on any atom is 0.222 e. The number of aromatic nitrogens is 2. The molecule has 0 aliphatic carbocycles. The van der Waals surface area contributed by atoms with Crippen LogP contribution in [-0.2, 0) is 4.79 Å². The molecule has 1 aliphatic rings. The highest BCUT2D eigenvalue weighted by Crippen LogP contribution is 2.52. The Labute approximate surface area is 158 Å². The first kappa shape index (κ1) is 18.9. The molecule has 1 saturated heterocycles. The molecule has 0 bridgehead atoms. The first-order valence-corrected chi connectivity index (χ1v) is 9.79. The molecule has 2 aromatic rings. The summed E-state index contributed by atoms with van der Waals surface area (Å²) in [7, 11) is -1.47. The van der Waals surface area contributed by atoms with Crippen LogP contribution in [0.1, 0.15) is 13.3 Å². The number of halogens is 1. The van der Waals surface area contributed by atoms with Crippen LogP contribution in [0, 0.1) is 0 Å². The van der Waals surface area contributed by atoms with Gasteiger partial charge in [0.2, 0.25) is 5.91 Å². The van der Waals surface area contributed by atoms with E-state index in [1.165, 1.54) is 15.5 Å². The minimum absolute atomic E-state index is 0.195. The van der Waals surface area contributed by atoms with E-state index in [-0.39, 0.29) is 11.1 Å². The number of hydrogen-bond acceptors (Lipinski definition) is 7. The highest BCUT2D eigenvalue weighted by atomic mass is 35.5. The molecule has 0 saturated carbocycles. The monoisotopic (exact) mass is 397 g/mol. The SMILES string of the molecule is CC(=O)Nc1cc(-c2cnc(Cl)c(N3CCCN(C)S3(O)O)c2)ccn1. The molecule has 1 aliphatic heterocycles. The molecule has 0 unspecified atom stereocenters. The van der Waals surface area contributed by atoms with Gasteiger partial charge in [-0.1, -0.05) is 22.6 Å². The molecule has 3 rings (SSSR count). The van der Waals surface area contributed by atoms with E-state index in [1.54, 1.807) is 37.6 Å². The van der Waals surface area contributed by atoms with Crippen molar-refractivity contribution in [3.63, 3.8) is 0 Å². The van der Waals surface area contributed by atoms with E-state index >= 15 is 0 Å². The lowest BCUT2D eigenvalue weighted by molar-refractivity contribution is -0.114. The van der Waals surface area contributed by atoms with Crippen molar-refractivity contribution in [2.24, 2.45) is 0 Å². The van der Waals surface area contributed by atoms with Gasteiger partial charge < -0.3 is 5.32 Å². The lowest BCUT2D eigenvalue weighted by Gasteiger charge is -2.52. The van der Waals surface area contributed by atoms with Gasteiger partial charge >= 0.3 is 0 Å². The Bertz CT molecular complexity index is 835. The van der Waals surface area contributed by atoms with Crippen molar-refractivity contribution >= 4 is 40.0 Å². The second-order valence-corrected chi connectivity index (χ2v) is 8.34. The average molecular weight is 398 g/mol. The van der Waals surface area contributed by atoms with Crippen molar-refractivity contribution in [3.8, 4) is 11.1 Å². The van der Waals surface area contributed by atoms with Crippen LogP contribution in [0.5, 0.6) is 0 Å². The normalized spacial score (nSPS) is 18.4. The summed E-state index contributed by atoms with van der Waals surface area (Å²) in [6.45, 7) is 2.47. The van der Waals surface area contributed by atoms with Crippen LogP contribution >= 0.6 is 22.6 Å². The van der Waals surface area contributed by atoms with E-state index in [0.717, 1.165) is 17.5 Å². The van der Waals surface area contributed by atoms with Gasteiger partial charge in [-0.2, -0.15) is 4.31 Å². The summed E-state index contributed by atoms with van der Waals surface area (Å²) in [5.74, 6) is 0.211. The van der Waals surface area contributed by atoms with Gasteiger partial charge in [-0.3, -0.25) is 18.2 Å². The van der Waals surface area contributed by atoms with Crippen LogP contribution in [0.15, 0.2) is 30.6 Å². The standard InChI is InChI=1S/C16H20ClN5O3S/c1-11(23)20-15-9-12(4-5-18-15)13-8-14(16(17)19-10-13)22-7-3-6-21(2)26(22,24)25/h4-5,8-10,24-25H,3,6-7H2,1-2H3,(H,18,20,23). The Kier molecular flexibility index (Phi) is 5.35. The maximum absolute atomic E-state index is 11.2. The minimum atomic E-state index is -3.13. The first-order valence-electron chi connectivity index (χ1n) is 7.96. The van der Waals surface area contributed by atoms with Crippen molar-refractivity contribution in [2.75, 3.05) is 29.8 Å². The van der Waals surface area contributed by atoms with Gasteiger partial charge in [-0.25, -0.2) is 9.97 Å². The molecule has 3 heterocycles. The van der Waals surface area contributed by atoms with Crippen LogP contribution in [0.4, 0.5) is 11.5 Å². The Morgan fingerprint density at radius 3 is 2.77 bits per heavy atom.